The molecule has 6 aromatic rings. The molecule has 3 aromatic carbocycles. The number of fused-ring (bicyclic) bond motifs is 1. The molecule has 10 nitrogen and oxygen atoms in total. The number of nitrogens with one attached hydrogen (secondary N) is 3. The van der Waals surface area contributed by atoms with Crippen molar-refractivity contribution in [3.05, 3.63) is 119 Å². The van der Waals surface area contributed by atoms with Gasteiger partial charge in [-0.2, -0.15) is 0 Å². The molecule has 54 heavy (non-hydrogen) atoms. The first-order chi connectivity index (χ1) is 26.2. The second-order valence-corrected chi connectivity index (χ2v) is 15.1. The number of aromatic amines is 1. The van der Waals surface area contributed by atoms with Crippen LogP contribution in [0.15, 0.2) is 97.5 Å². The number of hydrogen-bond donors (Lipinski definition) is 3. The molecule has 0 unspecified atom stereocenters. The van der Waals surface area contributed by atoms with Crippen LogP contribution < -0.4 is 15.5 Å². The molecule has 276 valence electrons. The van der Waals surface area contributed by atoms with E-state index >= 15 is 0 Å². The summed E-state index contributed by atoms with van der Waals surface area (Å²) in [6.07, 6.45) is 7.11. The van der Waals surface area contributed by atoms with Gasteiger partial charge in [0.15, 0.2) is 5.82 Å². The number of rotatable bonds is 9. The average molecular weight is 762 g/mol. The molecular formula is C42H42Cl2N8O2. The maximum absolute atomic E-state index is 14.7. The molecule has 2 saturated heterocycles. The van der Waals surface area contributed by atoms with Gasteiger partial charge in [-0.3, -0.25) is 14.5 Å². The largest absolute Gasteiger partial charge is 0.355 e. The molecule has 3 N–H and O–H groups in total. The molecule has 2 fully saturated rings. The molecule has 0 aliphatic carbocycles. The van der Waals surface area contributed by atoms with Gasteiger partial charge in [0.1, 0.15) is 5.69 Å². The summed E-state index contributed by atoms with van der Waals surface area (Å²) in [5, 5.41) is 8.54. The summed E-state index contributed by atoms with van der Waals surface area (Å²) in [6, 6.07) is 27.0. The summed E-state index contributed by atoms with van der Waals surface area (Å²) in [5.74, 6) is 0.493. The van der Waals surface area contributed by atoms with Crippen LogP contribution in [-0.4, -0.2) is 75.0 Å². The first kappa shape index (κ1) is 35.8. The molecule has 2 aliphatic heterocycles. The Morgan fingerprint density at radius 2 is 1.65 bits per heavy atom. The Bertz CT molecular complexity index is 2300. The van der Waals surface area contributed by atoms with Crippen LogP contribution in [0.2, 0.25) is 10.0 Å². The number of pyridine rings is 1. The van der Waals surface area contributed by atoms with Gasteiger partial charge in [-0.25, -0.2) is 9.97 Å². The molecule has 3 aromatic heterocycles. The minimum absolute atomic E-state index is 0.0470. The Hall–Kier alpha value is -5.16. The lowest BCUT2D eigenvalue weighted by molar-refractivity contribution is -0.125. The van der Waals surface area contributed by atoms with E-state index in [1.165, 1.54) is 0 Å². The molecule has 2 atom stereocenters. The van der Waals surface area contributed by atoms with Crippen LogP contribution in [0.1, 0.15) is 54.7 Å². The molecule has 2 amide bonds. The van der Waals surface area contributed by atoms with E-state index in [2.05, 4.69) is 36.9 Å². The third-order valence-electron chi connectivity index (χ3n) is 10.8. The van der Waals surface area contributed by atoms with Gasteiger partial charge in [0.05, 0.1) is 35.5 Å². The maximum atomic E-state index is 14.7. The fraction of sp³-hybridized carbons (Fsp3) is 0.286. The lowest BCUT2D eigenvalue weighted by atomic mass is 9.99. The number of piperidine rings is 1. The normalized spacial score (nSPS) is 17.2. The van der Waals surface area contributed by atoms with Gasteiger partial charge >= 0.3 is 0 Å². The Labute approximate surface area is 324 Å². The molecule has 0 bridgehead atoms. The van der Waals surface area contributed by atoms with Crippen molar-refractivity contribution in [2.24, 2.45) is 0 Å². The highest BCUT2D eigenvalue weighted by Crippen LogP contribution is 2.42. The van der Waals surface area contributed by atoms with E-state index in [0.717, 1.165) is 65.6 Å². The van der Waals surface area contributed by atoms with E-state index < -0.39 is 0 Å². The van der Waals surface area contributed by atoms with Crippen molar-refractivity contribution in [1.82, 2.24) is 29.7 Å². The highest BCUT2D eigenvalue weighted by molar-refractivity contribution is 6.31. The van der Waals surface area contributed by atoms with Crippen molar-refractivity contribution in [2.75, 3.05) is 36.9 Å². The van der Waals surface area contributed by atoms with Gasteiger partial charge in [-0.05, 0) is 88.2 Å². The van der Waals surface area contributed by atoms with Gasteiger partial charge in [-0.15, -0.1) is 0 Å². The first-order valence-corrected chi connectivity index (χ1v) is 19.2. The summed E-state index contributed by atoms with van der Waals surface area (Å²) < 4.78 is 2.11. The zero-order valence-corrected chi connectivity index (χ0v) is 31.7. The zero-order valence-electron chi connectivity index (χ0n) is 30.2. The number of H-pyrrole nitrogens is 1. The number of anilines is 2. The molecule has 12 heteroatoms. The standard InChI is InChI=1S/C42H42Cl2N8O2/c1-26(27-12-14-29(43)15-13-27)52-25-46-37(28-8-4-3-5-9-28)39(52)36-32-17-16-30(44)24-34(32)48-38(36)42(54)49-33-10-6-20-45-40(33)51-22-18-31(19-23-51)47-41(53)35-11-7-21-50(35)2/h3-6,8-10,12-17,20,24-26,31,35,48H,7,11,18-19,21-23H2,1-2H3,(H,47,53)(H,49,54)/t26-,35-/m0/s1. The van der Waals surface area contributed by atoms with Crippen LogP contribution >= 0.6 is 23.2 Å². The van der Waals surface area contributed by atoms with Gasteiger partial charge in [0.2, 0.25) is 5.91 Å². The van der Waals surface area contributed by atoms with Crippen LogP contribution in [0.5, 0.6) is 0 Å². The molecule has 0 spiro atoms. The summed E-state index contributed by atoms with van der Waals surface area (Å²) in [6.45, 7) is 4.46. The van der Waals surface area contributed by atoms with Crippen LogP contribution in [0.3, 0.4) is 0 Å². The third kappa shape index (κ3) is 7.09. The molecule has 8 rings (SSSR count). The third-order valence-corrected chi connectivity index (χ3v) is 11.3. The average Bonchev–Trinajstić information content (AvgIpc) is 3.92. The van der Waals surface area contributed by atoms with E-state index in [0.29, 0.717) is 45.9 Å². The fourth-order valence-electron chi connectivity index (χ4n) is 7.90. The number of nitrogens with zero attached hydrogens (tertiary/aromatic N) is 5. The maximum Gasteiger partial charge on any atom is 0.272 e. The Balaban J connectivity index is 1.13. The predicted molar refractivity (Wildman–Crippen MR) is 216 cm³/mol. The number of hydrogen-bond acceptors (Lipinski definition) is 6. The van der Waals surface area contributed by atoms with E-state index in [1.54, 1.807) is 6.20 Å². The minimum atomic E-state index is -0.319. The SMILES string of the molecule is C[C@@H](c1ccc(Cl)cc1)n1cnc(-c2ccccc2)c1-c1c(C(=O)Nc2cccnc2N2CCC(NC(=O)[C@@H]3CCCN3C)CC2)[nH]c2cc(Cl)ccc12. The number of likely N-dealkylation sites (tertiary alicyclic amines) is 1. The number of likely N-dealkylation sites (N-methyl/N-ethyl adjacent to an activating group) is 1. The second kappa shape index (κ2) is 15.3. The van der Waals surface area contributed by atoms with Gasteiger partial charge in [0.25, 0.3) is 5.91 Å². The molecule has 0 radical (unpaired) electrons. The minimum Gasteiger partial charge on any atom is -0.355 e. The summed E-state index contributed by atoms with van der Waals surface area (Å²) in [5.41, 5.74) is 5.93. The molecule has 5 heterocycles. The molecular weight excluding hydrogens is 719 g/mol. The van der Waals surface area contributed by atoms with E-state index in [9.17, 15) is 9.59 Å². The van der Waals surface area contributed by atoms with Crippen molar-refractivity contribution >= 4 is 57.4 Å². The Morgan fingerprint density at radius 1 is 0.889 bits per heavy atom. The topological polar surface area (TPSA) is 111 Å². The van der Waals surface area contributed by atoms with Crippen LogP contribution in [-0.2, 0) is 4.79 Å². The van der Waals surface area contributed by atoms with E-state index in [4.69, 9.17) is 33.2 Å². The van der Waals surface area contributed by atoms with E-state index in [1.807, 2.05) is 98.3 Å². The number of benzene rings is 3. The number of halogens is 2. The van der Waals surface area contributed by atoms with Gasteiger partial charge in [-0.1, -0.05) is 71.7 Å². The predicted octanol–water partition coefficient (Wildman–Crippen LogP) is 8.44. The number of aromatic nitrogens is 4. The first-order valence-electron chi connectivity index (χ1n) is 18.5. The Morgan fingerprint density at radius 3 is 2.39 bits per heavy atom. The number of imidazole rings is 1. The zero-order chi connectivity index (χ0) is 37.3. The van der Waals surface area contributed by atoms with Gasteiger partial charge in [0, 0.05) is 57.4 Å². The monoisotopic (exact) mass is 760 g/mol. The van der Waals surface area contributed by atoms with Crippen molar-refractivity contribution in [1.29, 1.82) is 0 Å². The summed E-state index contributed by atoms with van der Waals surface area (Å²) in [7, 11) is 2.02. The smallest absolute Gasteiger partial charge is 0.272 e. The highest BCUT2D eigenvalue weighted by atomic mass is 35.5. The highest BCUT2D eigenvalue weighted by Gasteiger charge is 2.32. The Kier molecular flexibility index (Phi) is 10.2. The lowest BCUT2D eigenvalue weighted by Crippen LogP contribution is -2.50. The quantitative estimate of drug-likeness (QED) is 0.137. The van der Waals surface area contributed by atoms with Crippen LogP contribution in [0.4, 0.5) is 11.5 Å². The summed E-state index contributed by atoms with van der Waals surface area (Å²) in [4.78, 5) is 45.1. The second-order valence-electron chi connectivity index (χ2n) is 14.2. The molecule has 2 aliphatic rings. The van der Waals surface area contributed by atoms with Crippen molar-refractivity contribution in [3.63, 3.8) is 0 Å². The van der Waals surface area contributed by atoms with E-state index in [-0.39, 0.29) is 29.9 Å². The number of carbonyl (C=O) groups excluding carboxylic acids is 2. The van der Waals surface area contributed by atoms with Crippen LogP contribution in [0, 0.1) is 0 Å². The van der Waals surface area contributed by atoms with Crippen molar-refractivity contribution in [3.8, 4) is 22.5 Å². The summed E-state index contributed by atoms with van der Waals surface area (Å²) >= 11 is 12.8. The van der Waals surface area contributed by atoms with Crippen LogP contribution in [0.25, 0.3) is 33.4 Å². The lowest BCUT2D eigenvalue weighted by Gasteiger charge is -2.34. The van der Waals surface area contributed by atoms with Gasteiger partial charge < -0.3 is 25.1 Å². The van der Waals surface area contributed by atoms with Crippen molar-refractivity contribution in [2.45, 2.75) is 50.7 Å². The number of carbonyl (C=O) groups is 2. The number of amides is 2. The molecule has 0 saturated carbocycles. The fourth-order valence-corrected chi connectivity index (χ4v) is 8.20. The van der Waals surface area contributed by atoms with Crippen molar-refractivity contribution < 1.29 is 9.59 Å².